The molecule has 2 aromatic rings. The molecular weight excluding hydrogens is 240 g/mol. The molecule has 0 spiro atoms. The third-order valence-electron chi connectivity index (χ3n) is 3.10. The van der Waals surface area contributed by atoms with E-state index >= 15 is 0 Å². The number of aromatic nitrogens is 1. The number of carbonyl (C=O) groups excluding carboxylic acids is 1. The van der Waals surface area contributed by atoms with Crippen LogP contribution in [0.1, 0.15) is 30.6 Å². The average molecular weight is 258 g/mol. The first-order valence-corrected chi connectivity index (χ1v) is 6.33. The Labute approximate surface area is 112 Å². The SMILES string of the molecule is CCC(C)NC(=O)c1cc(NN)nc2ccccc12. The van der Waals surface area contributed by atoms with Crippen LogP contribution < -0.4 is 16.6 Å². The average Bonchev–Trinajstić information content (AvgIpc) is 2.45. The van der Waals surface area contributed by atoms with Crippen LogP contribution in [0.3, 0.4) is 0 Å². The Hall–Kier alpha value is -2.14. The van der Waals surface area contributed by atoms with Crippen molar-refractivity contribution in [1.82, 2.24) is 10.3 Å². The van der Waals surface area contributed by atoms with Gasteiger partial charge in [0.2, 0.25) is 0 Å². The van der Waals surface area contributed by atoms with Gasteiger partial charge in [0.1, 0.15) is 5.82 Å². The van der Waals surface area contributed by atoms with E-state index in [4.69, 9.17) is 5.84 Å². The highest BCUT2D eigenvalue weighted by molar-refractivity contribution is 6.07. The van der Waals surface area contributed by atoms with Crippen molar-refractivity contribution in [2.75, 3.05) is 5.43 Å². The van der Waals surface area contributed by atoms with Crippen LogP contribution in [0.4, 0.5) is 5.82 Å². The molecule has 5 heteroatoms. The van der Waals surface area contributed by atoms with Crippen molar-refractivity contribution < 1.29 is 4.79 Å². The second kappa shape index (κ2) is 5.67. The smallest absolute Gasteiger partial charge is 0.252 e. The van der Waals surface area contributed by atoms with E-state index in [1.807, 2.05) is 38.1 Å². The van der Waals surface area contributed by atoms with E-state index in [0.717, 1.165) is 17.3 Å². The van der Waals surface area contributed by atoms with Gasteiger partial charge in [0.25, 0.3) is 5.91 Å². The number of hydrazine groups is 1. The molecule has 0 saturated carbocycles. The molecule has 1 unspecified atom stereocenters. The molecule has 1 aromatic heterocycles. The molecule has 19 heavy (non-hydrogen) atoms. The monoisotopic (exact) mass is 258 g/mol. The Balaban J connectivity index is 2.48. The summed E-state index contributed by atoms with van der Waals surface area (Å²) in [6.07, 6.45) is 0.886. The number of anilines is 1. The quantitative estimate of drug-likeness (QED) is 0.579. The molecule has 1 aromatic carbocycles. The first kappa shape index (κ1) is 13.3. The number of pyridine rings is 1. The Morgan fingerprint density at radius 1 is 1.42 bits per heavy atom. The van der Waals surface area contributed by atoms with E-state index in [2.05, 4.69) is 15.7 Å². The van der Waals surface area contributed by atoms with Crippen molar-refractivity contribution in [3.8, 4) is 0 Å². The number of hydrogen-bond donors (Lipinski definition) is 3. The van der Waals surface area contributed by atoms with Crippen molar-refractivity contribution in [3.63, 3.8) is 0 Å². The Bertz CT molecular complexity index is 597. The zero-order valence-electron chi connectivity index (χ0n) is 11.1. The summed E-state index contributed by atoms with van der Waals surface area (Å²) in [5, 5.41) is 3.78. The lowest BCUT2D eigenvalue weighted by atomic mass is 10.1. The maximum atomic E-state index is 12.3. The maximum Gasteiger partial charge on any atom is 0.252 e. The molecule has 2 rings (SSSR count). The van der Waals surface area contributed by atoms with E-state index in [-0.39, 0.29) is 11.9 Å². The van der Waals surface area contributed by atoms with E-state index in [1.165, 1.54) is 0 Å². The number of amides is 1. The molecule has 0 bridgehead atoms. The fraction of sp³-hybridized carbons (Fsp3) is 0.286. The van der Waals surface area contributed by atoms with Crippen molar-refractivity contribution in [2.45, 2.75) is 26.3 Å². The number of nitrogen functional groups attached to an aromatic ring is 1. The van der Waals surface area contributed by atoms with Gasteiger partial charge >= 0.3 is 0 Å². The maximum absolute atomic E-state index is 12.3. The minimum absolute atomic E-state index is 0.107. The van der Waals surface area contributed by atoms with Gasteiger partial charge in [-0.25, -0.2) is 10.8 Å². The minimum Gasteiger partial charge on any atom is -0.350 e. The van der Waals surface area contributed by atoms with Gasteiger partial charge in [-0.3, -0.25) is 4.79 Å². The van der Waals surface area contributed by atoms with E-state index < -0.39 is 0 Å². The Kier molecular flexibility index (Phi) is 3.97. The molecule has 5 nitrogen and oxygen atoms in total. The van der Waals surface area contributed by atoms with Crippen LogP contribution in [-0.4, -0.2) is 16.9 Å². The molecule has 0 saturated heterocycles. The third kappa shape index (κ3) is 2.82. The van der Waals surface area contributed by atoms with Crippen molar-refractivity contribution in [2.24, 2.45) is 5.84 Å². The van der Waals surface area contributed by atoms with E-state index in [0.29, 0.717) is 11.4 Å². The van der Waals surface area contributed by atoms with Crippen molar-refractivity contribution in [1.29, 1.82) is 0 Å². The standard InChI is InChI=1S/C14H18N4O/c1-3-9(2)16-14(19)11-8-13(18-15)17-12-7-5-4-6-10(11)12/h4-9H,3,15H2,1-2H3,(H,16,19)(H,17,18). The number of nitrogens with one attached hydrogen (secondary N) is 2. The summed E-state index contributed by atoms with van der Waals surface area (Å²) >= 11 is 0. The molecule has 0 aliphatic rings. The van der Waals surface area contributed by atoms with Gasteiger partial charge < -0.3 is 10.7 Å². The molecule has 4 N–H and O–H groups in total. The van der Waals surface area contributed by atoms with Gasteiger partial charge in [-0.05, 0) is 25.5 Å². The molecule has 0 radical (unpaired) electrons. The lowest BCUT2D eigenvalue weighted by Gasteiger charge is -2.13. The molecule has 0 aliphatic heterocycles. The second-order valence-corrected chi connectivity index (χ2v) is 4.50. The highest BCUT2D eigenvalue weighted by Gasteiger charge is 2.14. The van der Waals surface area contributed by atoms with Crippen LogP contribution in [0.25, 0.3) is 10.9 Å². The summed E-state index contributed by atoms with van der Waals surface area (Å²) in [4.78, 5) is 16.6. The predicted molar refractivity (Wildman–Crippen MR) is 76.8 cm³/mol. The zero-order chi connectivity index (χ0) is 13.8. The van der Waals surface area contributed by atoms with Crippen LogP contribution in [0.5, 0.6) is 0 Å². The van der Waals surface area contributed by atoms with Gasteiger partial charge in [0.15, 0.2) is 0 Å². The van der Waals surface area contributed by atoms with Crippen molar-refractivity contribution in [3.05, 3.63) is 35.9 Å². The summed E-state index contributed by atoms with van der Waals surface area (Å²) in [5.74, 6) is 5.77. The highest BCUT2D eigenvalue weighted by atomic mass is 16.1. The van der Waals surface area contributed by atoms with Gasteiger partial charge in [-0.15, -0.1) is 0 Å². The van der Waals surface area contributed by atoms with Crippen LogP contribution in [0.2, 0.25) is 0 Å². The molecular formula is C14H18N4O. The first-order chi connectivity index (χ1) is 9.15. The number of nitrogens with two attached hydrogens (primary N) is 1. The van der Waals surface area contributed by atoms with Crippen LogP contribution >= 0.6 is 0 Å². The minimum atomic E-state index is -0.107. The van der Waals surface area contributed by atoms with Gasteiger partial charge in [0, 0.05) is 11.4 Å². The van der Waals surface area contributed by atoms with E-state index in [1.54, 1.807) is 6.07 Å². The zero-order valence-corrected chi connectivity index (χ0v) is 11.1. The number of benzene rings is 1. The number of fused-ring (bicyclic) bond motifs is 1. The summed E-state index contributed by atoms with van der Waals surface area (Å²) in [6, 6.07) is 9.31. The van der Waals surface area contributed by atoms with E-state index in [9.17, 15) is 4.79 Å². The lowest BCUT2D eigenvalue weighted by molar-refractivity contribution is 0.0941. The lowest BCUT2D eigenvalue weighted by Crippen LogP contribution is -2.32. The fourth-order valence-electron chi connectivity index (χ4n) is 1.84. The highest BCUT2D eigenvalue weighted by Crippen LogP contribution is 2.20. The fourth-order valence-corrected chi connectivity index (χ4v) is 1.84. The molecule has 1 atom stereocenters. The second-order valence-electron chi connectivity index (χ2n) is 4.50. The summed E-state index contributed by atoms with van der Waals surface area (Å²) in [6.45, 7) is 4.01. The summed E-state index contributed by atoms with van der Waals surface area (Å²) in [7, 11) is 0. The van der Waals surface area contributed by atoms with Gasteiger partial charge in [-0.2, -0.15) is 0 Å². The normalized spacial score (nSPS) is 12.2. The van der Waals surface area contributed by atoms with Gasteiger partial charge in [-0.1, -0.05) is 25.1 Å². The predicted octanol–water partition coefficient (Wildman–Crippen LogP) is 2.05. The summed E-state index contributed by atoms with van der Waals surface area (Å²) < 4.78 is 0. The first-order valence-electron chi connectivity index (χ1n) is 6.33. The van der Waals surface area contributed by atoms with Crippen molar-refractivity contribution >= 4 is 22.6 Å². The Morgan fingerprint density at radius 2 is 2.16 bits per heavy atom. The van der Waals surface area contributed by atoms with Crippen LogP contribution in [-0.2, 0) is 0 Å². The van der Waals surface area contributed by atoms with Crippen LogP contribution in [0.15, 0.2) is 30.3 Å². The molecule has 1 amide bonds. The van der Waals surface area contributed by atoms with Crippen LogP contribution in [0, 0.1) is 0 Å². The molecule has 1 heterocycles. The number of hydrogen-bond acceptors (Lipinski definition) is 4. The molecule has 0 fully saturated rings. The Morgan fingerprint density at radius 3 is 2.84 bits per heavy atom. The number of para-hydroxylation sites is 1. The molecule has 0 aliphatic carbocycles. The topological polar surface area (TPSA) is 80.0 Å². The molecule has 100 valence electrons. The number of rotatable bonds is 4. The third-order valence-corrected chi connectivity index (χ3v) is 3.10. The summed E-state index contributed by atoms with van der Waals surface area (Å²) in [5.41, 5.74) is 3.82. The largest absolute Gasteiger partial charge is 0.350 e. The number of carbonyl (C=O) groups is 1. The number of nitrogens with zero attached hydrogens (tertiary/aromatic N) is 1. The van der Waals surface area contributed by atoms with Gasteiger partial charge in [0.05, 0.1) is 11.1 Å².